The molecule has 1 nitrogen and oxygen atoms in total. The SMILES string of the molecule is CC(C)c1ccc(NCc2ccc3c(c2)CCC3)cc1. The number of benzene rings is 2. The average Bonchev–Trinajstić information content (AvgIpc) is 2.93. The van der Waals surface area contributed by atoms with Gasteiger partial charge >= 0.3 is 0 Å². The zero-order chi connectivity index (χ0) is 13.9. The van der Waals surface area contributed by atoms with E-state index in [0.717, 1.165) is 6.54 Å². The Labute approximate surface area is 122 Å². The number of anilines is 1. The summed E-state index contributed by atoms with van der Waals surface area (Å²) in [6.45, 7) is 5.37. The molecule has 20 heavy (non-hydrogen) atoms. The van der Waals surface area contributed by atoms with E-state index < -0.39 is 0 Å². The van der Waals surface area contributed by atoms with E-state index in [1.54, 1.807) is 11.1 Å². The smallest absolute Gasteiger partial charge is 0.0400 e. The quantitative estimate of drug-likeness (QED) is 0.828. The van der Waals surface area contributed by atoms with Crippen LogP contribution in [-0.2, 0) is 19.4 Å². The van der Waals surface area contributed by atoms with Crippen molar-refractivity contribution in [2.45, 2.75) is 45.6 Å². The summed E-state index contributed by atoms with van der Waals surface area (Å²) in [5.74, 6) is 0.598. The van der Waals surface area contributed by atoms with Crippen LogP contribution in [0.3, 0.4) is 0 Å². The van der Waals surface area contributed by atoms with Gasteiger partial charge in [0.1, 0.15) is 0 Å². The molecular formula is C19H23N. The summed E-state index contributed by atoms with van der Waals surface area (Å²) in [5.41, 5.74) is 7.09. The monoisotopic (exact) mass is 265 g/mol. The lowest BCUT2D eigenvalue weighted by Gasteiger charge is -2.10. The van der Waals surface area contributed by atoms with Gasteiger partial charge in [-0.05, 0) is 59.6 Å². The first-order valence-electron chi connectivity index (χ1n) is 7.67. The molecule has 0 amide bonds. The van der Waals surface area contributed by atoms with Gasteiger partial charge in [0, 0.05) is 12.2 Å². The molecule has 0 heterocycles. The zero-order valence-corrected chi connectivity index (χ0v) is 12.4. The van der Waals surface area contributed by atoms with Gasteiger partial charge in [0.2, 0.25) is 0 Å². The van der Waals surface area contributed by atoms with Crippen LogP contribution in [0.1, 0.15) is 48.4 Å². The lowest BCUT2D eigenvalue weighted by molar-refractivity contribution is 0.867. The molecule has 0 fully saturated rings. The fraction of sp³-hybridized carbons (Fsp3) is 0.368. The van der Waals surface area contributed by atoms with Gasteiger partial charge in [-0.2, -0.15) is 0 Å². The van der Waals surface area contributed by atoms with Crippen LogP contribution < -0.4 is 5.32 Å². The molecule has 1 N–H and O–H groups in total. The number of rotatable bonds is 4. The second-order valence-electron chi connectivity index (χ2n) is 6.09. The van der Waals surface area contributed by atoms with Gasteiger partial charge in [0.15, 0.2) is 0 Å². The summed E-state index contributed by atoms with van der Waals surface area (Å²) in [4.78, 5) is 0. The topological polar surface area (TPSA) is 12.0 Å². The number of hydrogen-bond acceptors (Lipinski definition) is 1. The third-order valence-electron chi connectivity index (χ3n) is 4.24. The summed E-state index contributed by atoms with van der Waals surface area (Å²) >= 11 is 0. The minimum atomic E-state index is 0.598. The van der Waals surface area contributed by atoms with Crippen molar-refractivity contribution >= 4 is 5.69 Å². The van der Waals surface area contributed by atoms with Crippen molar-refractivity contribution < 1.29 is 0 Å². The molecule has 1 aliphatic rings. The highest BCUT2D eigenvalue weighted by Crippen LogP contribution is 2.23. The molecule has 0 bridgehead atoms. The van der Waals surface area contributed by atoms with Gasteiger partial charge in [0.25, 0.3) is 0 Å². The number of nitrogens with one attached hydrogen (secondary N) is 1. The number of fused-ring (bicyclic) bond motifs is 1. The van der Waals surface area contributed by atoms with Crippen LogP contribution in [0.5, 0.6) is 0 Å². The van der Waals surface area contributed by atoms with Gasteiger partial charge in [0.05, 0.1) is 0 Å². The fourth-order valence-corrected chi connectivity index (χ4v) is 2.93. The van der Waals surface area contributed by atoms with E-state index in [2.05, 4.69) is 61.6 Å². The molecule has 0 atom stereocenters. The molecule has 104 valence electrons. The van der Waals surface area contributed by atoms with Crippen molar-refractivity contribution in [2.24, 2.45) is 0 Å². The standard InChI is InChI=1S/C19H23N/c1-14(2)16-8-10-19(11-9-16)20-13-15-6-7-17-4-3-5-18(17)12-15/h6-12,14,20H,3-5,13H2,1-2H3. The Kier molecular flexibility index (Phi) is 3.77. The maximum atomic E-state index is 3.52. The van der Waals surface area contributed by atoms with Crippen molar-refractivity contribution in [1.82, 2.24) is 0 Å². The van der Waals surface area contributed by atoms with Gasteiger partial charge < -0.3 is 5.32 Å². The van der Waals surface area contributed by atoms with Gasteiger partial charge in [-0.3, -0.25) is 0 Å². The van der Waals surface area contributed by atoms with Crippen LogP contribution in [0.2, 0.25) is 0 Å². The van der Waals surface area contributed by atoms with Crippen molar-refractivity contribution in [3.63, 3.8) is 0 Å². The highest BCUT2D eigenvalue weighted by atomic mass is 14.9. The van der Waals surface area contributed by atoms with E-state index in [9.17, 15) is 0 Å². The summed E-state index contributed by atoms with van der Waals surface area (Å²) < 4.78 is 0. The Morgan fingerprint density at radius 3 is 2.45 bits per heavy atom. The molecular weight excluding hydrogens is 242 g/mol. The molecule has 0 radical (unpaired) electrons. The molecule has 1 aliphatic carbocycles. The first kappa shape index (κ1) is 13.2. The van der Waals surface area contributed by atoms with Crippen molar-refractivity contribution in [1.29, 1.82) is 0 Å². The minimum absolute atomic E-state index is 0.598. The minimum Gasteiger partial charge on any atom is -0.381 e. The molecule has 0 unspecified atom stereocenters. The highest BCUT2D eigenvalue weighted by molar-refractivity contribution is 5.46. The maximum Gasteiger partial charge on any atom is 0.0400 e. The van der Waals surface area contributed by atoms with Crippen LogP contribution in [-0.4, -0.2) is 0 Å². The fourth-order valence-electron chi connectivity index (χ4n) is 2.93. The third kappa shape index (κ3) is 2.87. The average molecular weight is 265 g/mol. The molecule has 0 saturated carbocycles. The van der Waals surface area contributed by atoms with Crippen LogP contribution in [0, 0.1) is 0 Å². The number of aryl methyl sites for hydroxylation is 2. The number of hydrogen-bond donors (Lipinski definition) is 1. The molecule has 2 aromatic carbocycles. The molecule has 0 saturated heterocycles. The summed E-state index contributed by atoms with van der Waals surface area (Å²) in [5, 5.41) is 3.52. The zero-order valence-electron chi connectivity index (χ0n) is 12.4. The molecule has 0 aromatic heterocycles. The predicted octanol–water partition coefficient (Wildman–Crippen LogP) is 4.91. The second-order valence-corrected chi connectivity index (χ2v) is 6.09. The first-order valence-corrected chi connectivity index (χ1v) is 7.67. The van der Waals surface area contributed by atoms with E-state index >= 15 is 0 Å². The Balaban J connectivity index is 1.64. The van der Waals surface area contributed by atoms with E-state index in [-0.39, 0.29) is 0 Å². The normalized spacial score (nSPS) is 13.6. The van der Waals surface area contributed by atoms with Gasteiger partial charge in [-0.25, -0.2) is 0 Å². The lowest BCUT2D eigenvalue weighted by atomic mass is 10.0. The largest absolute Gasteiger partial charge is 0.381 e. The van der Waals surface area contributed by atoms with Gasteiger partial charge in [-0.15, -0.1) is 0 Å². The van der Waals surface area contributed by atoms with Crippen LogP contribution in [0.25, 0.3) is 0 Å². The summed E-state index contributed by atoms with van der Waals surface area (Å²) in [6.07, 6.45) is 3.84. The van der Waals surface area contributed by atoms with Crippen LogP contribution in [0.4, 0.5) is 5.69 Å². The second kappa shape index (κ2) is 5.70. The first-order chi connectivity index (χ1) is 9.72. The summed E-state index contributed by atoms with van der Waals surface area (Å²) in [6, 6.07) is 15.7. The van der Waals surface area contributed by atoms with E-state index in [1.807, 2.05) is 0 Å². The highest BCUT2D eigenvalue weighted by Gasteiger charge is 2.10. The molecule has 0 aliphatic heterocycles. The van der Waals surface area contributed by atoms with Crippen molar-refractivity contribution in [3.05, 3.63) is 64.7 Å². The third-order valence-corrected chi connectivity index (χ3v) is 4.24. The van der Waals surface area contributed by atoms with E-state index in [0.29, 0.717) is 5.92 Å². The molecule has 0 spiro atoms. The van der Waals surface area contributed by atoms with Crippen LogP contribution in [0.15, 0.2) is 42.5 Å². The molecule has 3 rings (SSSR count). The predicted molar refractivity (Wildman–Crippen MR) is 86.3 cm³/mol. The summed E-state index contributed by atoms with van der Waals surface area (Å²) in [7, 11) is 0. The van der Waals surface area contributed by atoms with E-state index in [1.165, 1.54) is 36.1 Å². The van der Waals surface area contributed by atoms with Crippen molar-refractivity contribution in [2.75, 3.05) is 5.32 Å². The van der Waals surface area contributed by atoms with Crippen molar-refractivity contribution in [3.8, 4) is 0 Å². The Bertz CT molecular complexity index is 581. The Morgan fingerprint density at radius 2 is 1.70 bits per heavy atom. The maximum absolute atomic E-state index is 3.52. The Hall–Kier alpha value is -1.76. The van der Waals surface area contributed by atoms with Gasteiger partial charge in [-0.1, -0.05) is 44.2 Å². The van der Waals surface area contributed by atoms with E-state index in [4.69, 9.17) is 0 Å². The lowest BCUT2D eigenvalue weighted by Crippen LogP contribution is -2.00. The van der Waals surface area contributed by atoms with Crippen LogP contribution >= 0.6 is 0 Å². The Morgan fingerprint density at radius 1 is 0.950 bits per heavy atom. The molecule has 2 aromatic rings. The molecule has 1 heteroatoms.